The molecule has 1 amide bonds. The number of nitrogens with zero attached hydrogens (tertiary/aromatic N) is 3. The molecule has 0 fully saturated rings. The van der Waals surface area contributed by atoms with E-state index in [2.05, 4.69) is 33.1 Å². The number of carbonyl (C=O) groups is 1. The maximum Gasteiger partial charge on any atom is 0.297 e. The van der Waals surface area contributed by atoms with Gasteiger partial charge in [-0.25, -0.2) is 0 Å². The fourth-order valence-corrected chi connectivity index (χ4v) is 4.61. The molecule has 0 aliphatic carbocycles. The first-order valence-electron chi connectivity index (χ1n) is 9.03. The summed E-state index contributed by atoms with van der Waals surface area (Å²) in [6.45, 7) is 2.08. The molecule has 0 saturated heterocycles. The highest BCUT2D eigenvalue weighted by molar-refractivity contribution is 9.10. The van der Waals surface area contributed by atoms with Crippen LogP contribution in [0.2, 0.25) is 0 Å². The van der Waals surface area contributed by atoms with Crippen molar-refractivity contribution < 1.29 is 9.21 Å². The van der Waals surface area contributed by atoms with Gasteiger partial charge in [0.25, 0.3) is 5.91 Å². The Labute approximate surface area is 177 Å². The first-order chi connectivity index (χ1) is 14.1. The van der Waals surface area contributed by atoms with Gasteiger partial charge in [0.05, 0.1) is 17.0 Å². The summed E-state index contributed by atoms with van der Waals surface area (Å²) in [4.78, 5) is 28.2. The number of hydrogen-bond donors (Lipinski definition) is 0. The van der Waals surface area contributed by atoms with Gasteiger partial charge in [-0.3, -0.25) is 14.5 Å². The molecule has 0 bridgehead atoms. The largest absolute Gasteiger partial charge is 0.450 e. The van der Waals surface area contributed by atoms with E-state index >= 15 is 0 Å². The maximum absolute atomic E-state index is 13.4. The number of rotatable bonds is 3. The Balaban J connectivity index is 1.80. The van der Waals surface area contributed by atoms with E-state index in [-0.39, 0.29) is 17.1 Å². The quantitative estimate of drug-likeness (QED) is 0.435. The molecule has 6 nitrogen and oxygen atoms in total. The highest BCUT2D eigenvalue weighted by Crippen LogP contribution is 2.41. The fourth-order valence-electron chi connectivity index (χ4n) is 3.67. The van der Waals surface area contributed by atoms with Gasteiger partial charge in [0.2, 0.25) is 10.9 Å². The van der Waals surface area contributed by atoms with E-state index in [1.54, 1.807) is 23.7 Å². The van der Waals surface area contributed by atoms with E-state index in [9.17, 15) is 9.59 Å². The van der Waals surface area contributed by atoms with Crippen molar-refractivity contribution in [2.45, 2.75) is 19.4 Å². The summed E-state index contributed by atoms with van der Waals surface area (Å²) in [6.07, 6.45) is 0.904. The zero-order valence-electron chi connectivity index (χ0n) is 15.3. The first-order valence-corrected chi connectivity index (χ1v) is 10.7. The van der Waals surface area contributed by atoms with Crippen LogP contribution in [0.15, 0.2) is 61.7 Å². The van der Waals surface area contributed by atoms with Crippen molar-refractivity contribution >= 4 is 49.3 Å². The Hall–Kier alpha value is -2.84. The van der Waals surface area contributed by atoms with Crippen molar-refractivity contribution in [3.63, 3.8) is 0 Å². The van der Waals surface area contributed by atoms with E-state index in [1.807, 2.05) is 24.3 Å². The lowest BCUT2D eigenvalue weighted by molar-refractivity contribution is 0.0970. The van der Waals surface area contributed by atoms with Crippen LogP contribution in [0.1, 0.15) is 40.2 Å². The second-order valence-electron chi connectivity index (χ2n) is 6.71. The van der Waals surface area contributed by atoms with Crippen molar-refractivity contribution in [3.8, 4) is 0 Å². The third-order valence-electron chi connectivity index (χ3n) is 5.09. The molecular weight excluding hydrogens is 454 g/mol. The van der Waals surface area contributed by atoms with Crippen LogP contribution in [0.3, 0.4) is 0 Å². The molecule has 1 aliphatic heterocycles. The second-order valence-corrected chi connectivity index (χ2v) is 8.44. The summed E-state index contributed by atoms with van der Waals surface area (Å²) in [6, 6.07) is 12.5. The third-order valence-corrected chi connectivity index (χ3v) is 6.27. The topological polar surface area (TPSA) is 76.3 Å². The monoisotopic (exact) mass is 467 g/mol. The second kappa shape index (κ2) is 6.89. The Kier molecular flexibility index (Phi) is 4.33. The number of hydrogen-bond acceptors (Lipinski definition) is 6. The molecule has 1 atom stereocenters. The maximum atomic E-state index is 13.4. The van der Waals surface area contributed by atoms with Crippen molar-refractivity contribution in [1.29, 1.82) is 0 Å². The van der Waals surface area contributed by atoms with Crippen molar-refractivity contribution in [1.82, 2.24) is 10.2 Å². The van der Waals surface area contributed by atoms with E-state index in [1.165, 1.54) is 21.8 Å². The number of aryl methyl sites for hydroxylation is 1. The Morgan fingerprint density at radius 1 is 1.17 bits per heavy atom. The van der Waals surface area contributed by atoms with Crippen LogP contribution >= 0.6 is 27.3 Å². The SMILES string of the molecule is CCc1ccc(C2c3c(oc4ccc(Br)cc4c3=O)C(=O)N2c2nncs2)cc1. The summed E-state index contributed by atoms with van der Waals surface area (Å²) in [5, 5.41) is 8.80. The lowest BCUT2D eigenvalue weighted by atomic mass is 9.97. The summed E-state index contributed by atoms with van der Waals surface area (Å²) in [5.74, 6) is -0.326. The number of aromatic nitrogens is 2. The van der Waals surface area contributed by atoms with Gasteiger partial charge in [-0.05, 0) is 35.7 Å². The van der Waals surface area contributed by atoms with Crippen LogP contribution in [0.4, 0.5) is 5.13 Å². The minimum atomic E-state index is -0.615. The zero-order valence-corrected chi connectivity index (χ0v) is 17.7. The predicted octanol–water partition coefficient (Wildman–Crippen LogP) is 4.72. The zero-order chi connectivity index (χ0) is 20.1. The summed E-state index contributed by atoms with van der Waals surface area (Å²) in [5.41, 5.74) is 4.06. The third kappa shape index (κ3) is 2.82. The van der Waals surface area contributed by atoms with Gasteiger partial charge >= 0.3 is 0 Å². The van der Waals surface area contributed by atoms with Crippen LogP contribution < -0.4 is 10.3 Å². The fraction of sp³-hybridized carbons (Fsp3) is 0.143. The molecule has 0 radical (unpaired) electrons. The molecule has 29 heavy (non-hydrogen) atoms. The molecule has 1 aliphatic rings. The number of benzene rings is 2. The van der Waals surface area contributed by atoms with Crippen LogP contribution in [0, 0.1) is 0 Å². The van der Waals surface area contributed by atoms with Gasteiger partial charge in [-0.2, -0.15) is 0 Å². The highest BCUT2D eigenvalue weighted by Gasteiger charge is 2.44. The van der Waals surface area contributed by atoms with Gasteiger partial charge in [-0.1, -0.05) is 58.5 Å². The van der Waals surface area contributed by atoms with E-state index < -0.39 is 6.04 Å². The van der Waals surface area contributed by atoms with Gasteiger partial charge in [0.15, 0.2) is 5.43 Å². The predicted molar refractivity (Wildman–Crippen MR) is 115 cm³/mol. The number of halogens is 1. The minimum Gasteiger partial charge on any atom is -0.450 e. The molecule has 2 aromatic carbocycles. The van der Waals surface area contributed by atoms with Crippen molar-refractivity contribution in [2.24, 2.45) is 0 Å². The average molecular weight is 468 g/mol. The van der Waals surface area contributed by atoms with E-state index in [4.69, 9.17) is 4.42 Å². The summed E-state index contributed by atoms with van der Waals surface area (Å²) < 4.78 is 6.69. The molecule has 3 heterocycles. The minimum absolute atomic E-state index is 0.0598. The smallest absolute Gasteiger partial charge is 0.297 e. The Morgan fingerprint density at radius 3 is 2.66 bits per heavy atom. The Morgan fingerprint density at radius 2 is 1.97 bits per heavy atom. The van der Waals surface area contributed by atoms with Crippen LogP contribution in [0.25, 0.3) is 11.0 Å². The van der Waals surface area contributed by atoms with E-state index in [0.717, 1.165) is 16.5 Å². The molecule has 8 heteroatoms. The standard InChI is InChI=1S/C21H14BrN3O3S/c1-2-11-3-5-12(6-4-11)17-16-18(26)14-9-13(22)7-8-15(14)28-19(16)20(27)25(17)21-24-23-10-29-21/h3-10,17H,2H2,1H3. The first kappa shape index (κ1) is 18.2. The molecule has 0 saturated carbocycles. The summed E-state index contributed by atoms with van der Waals surface area (Å²) >= 11 is 4.65. The van der Waals surface area contributed by atoms with Crippen LogP contribution in [-0.2, 0) is 6.42 Å². The van der Waals surface area contributed by atoms with Gasteiger partial charge < -0.3 is 4.42 Å². The van der Waals surface area contributed by atoms with Crippen LogP contribution in [-0.4, -0.2) is 16.1 Å². The molecule has 4 aromatic rings. The van der Waals surface area contributed by atoms with Gasteiger partial charge in [0.1, 0.15) is 11.1 Å². The lowest BCUT2D eigenvalue weighted by Crippen LogP contribution is -2.29. The molecule has 0 spiro atoms. The molecule has 144 valence electrons. The average Bonchev–Trinajstić information content (AvgIpc) is 3.35. The molecular formula is C21H14BrN3O3S. The van der Waals surface area contributed by atoms with Crippen molar-refractivity contribution in [3.05, 3.63) is 85.1 Å². The lowest BCUT2D eigenvalue weighted by Gasteiger charge is -2.22. The highest BCUT2D eigenvalue weighted by atomic mass is 79.9. The van der Waals surface area contributed by atoms with Crippen molar-refractivity contribution in [2.75, 3.05) is 4.90 Å². The van der Waals surface area contributed by atoms with Gasteiger partial charge in [-0.15, -0.1) is 10.2 Å². The van der Waals surface area contributed by atoms with E-state index in [0.29, 0.717) is 21.7 Å². The molecule has 5 rings (SSSR count). The number of carbonyl (C=O) groups excluding carboxylic acids is 1. The molecule has 1 unspecified atom stereocenters. The number of amides is 1. The Bertz CT molecular complexity index is 1300. The normalized spacial score (nSPS) is 15.9. The number of anilines is 1. The summed E-state index contributed by atoms with van der Waals surface area (Å²) in [7, 11) is 0. The van der Waals surface area contributed by atoms with Gasteiger partial charge in [0, 0.05) is 4.47 Å². The molecule has 2 aromatic heterocycles. The number of fused-ring (bicyclic) bond motifs is 2. The molecule has 0 N–H and O–H groups in total. The van der Waals surface area contributed by atoms with Crippen LogP contribution in [0.5, 0.6) is 0 Å².